The summed E-state index contributed by atoms with van der Waals surface area (Å²) in [6, 6.07) is 26.4. The van der Waals surface area contributed by atoms with Crippen LogP contribution in [0.5, 0.6) is 5.75 Å². The van der Waals surface area contributed by atoms with Crippen molar-refractivity contribution in [2.75, 3.05) is 0 Å². The highest BCUT2D eigenvalue weighted by Gasteiger charge is 2.24. The van der Waals surface area contributed by atoms with Gasteiger partial charge in [-0.25, -0.2) is 9.37 Å². The highest BCUT2D eigenvalue weighted by Crippen LogP contribution is 2.37. The molecule has 1 heterocycles. The number of aromatic nitrogens is 2. The minimum Gasteiger partial charge on any atom is -0.489 e. The number of rotatable bonds is 8. The van der Waals surface area contributed by atoms with E-state index in [1.165, 1.54) is 25.3 Å². The van der Waals surface area contributed by atoms with Crippen LogP contribution in [-0.4, -0.2) is 21.5 Å². The number of benzene rings is 4. The van der Waals surface area contributed by atoms with Crippen molar-refractivity contribution in [3.63, 3.8) is 0 Å². The molecule has 6 rings (SSSR count). The lowest BCUT2D eigenvalue weighted by atomic mass is 9.95. The molecule has 0 aliphatic heterocycles. The van der Waals surface area contributed by atoms with Crippen LogP contribution in [-0.2, 0) is 6.61 Å². The fourth-order valence-electron chi connectivity index (χ4n) is 5.98. The number of carbonyl (C=O) groups excluding carboxylic acids is 1. The Labute approximate surface area is 256 Å². The van der Waals surface area contributed by atoms with Crippen LogP contribution in [0, 0.1) is 5.82 Å². The maximum Gasteiger partial charge on any atom is 0.251 e. The number of hydrogen-bond acceptors (Lipinski definition) is 3. The van der Waals surface area contributed by atoms with Crippen molar-refractivity contribution in [1.82, 2.24) is 14.9 Å². The van der Waals surface area contributed by atoms with Gasteiger partial charge in [0.15, 0.2) is 0 Å². The van der Waals surface area contributed by atoms with E-state index in [4.69, 9.17) is 21.3 Å². The molecule has 1 aromatic heterocycles. The van der Waals surface area contributed by atoms with Crippen molar-refractivity contribution in [2.45, 2.75) is 64.6 Å². The van der Waals surface area contributed by atoms with Gasteiger partial charge < -0.3 is 14.6 Å². The molecule has 220 valence electrons. The van der Waals surface area contributed by atoms with Crippen LogP contribution >= 0.6 is 11.6 Å². The summed E-state index contributed by atoms with van der Waals surface area (Å²) in [6.45, 7) is 4.00. The first kappa shape index (κ1) is 28.9. The van der Waals surface area contributed by atoms with Crippen LogP contribution in [0.4, 0.5) is 4.39 Å². The molecular weight excluding hydrogens is 561 g/mol. The number of para-hydroxylation sites is 2. The highest BCUT2D eigenvalue weighted by atomic mass is 35.5. The van der Waals surface area contributed by atoms with E-state index in [0.717, 1.165) is 40.6 Å². The molecule has 1 fully saturated rings. The third-order valence-corrected chi connectivity index (χ3v) is 8.31. The summed E-state index contributed by atoms with van der Waals surface area (Å²) in [4.78, 5) is 17.6. The Kier molecular flexibility index (Phi) is 8.48. The first-order chi connectivity index (χ1) is 20.9. The van der Waals surface area contributed by atoms with Gasteiger partial charge in [0.1, 0.15) is 24.0 Å². The first-order valence-electron chi connectivity index (χ1n) is 15.0. The third kappa shape index (κ3) is 6.30. The molecule has 0 saturated heterocycles. The lowest BCUT2D eigenvalue weighted by molar-refractivity contribution is 0.0943. The monoisotopic (exact) mass is 595 g/mol. The second-order valence-corrected chi connectivity index (χ2v) is 12.0. The lowest BCUT2D eigenvalue weighted by Gasteiger charge is -2.25. The van der Waals surface area contributed by atoms with Crippen molar-refractivity contribution in [3.8, 4) is 28.3 Å². The van der Waals surface area contributed by atoms with Crippen molar-refractivity contribution in [3.05, 3.63) is 107 Å². The Bertz CT molecular complexity index is 1760. The molecule has 0 bridgehead atoms. The number of nitrogens with one attached hydrogen (secondary N) is 1. The van der Waals surface area contributed by atoms with E-state index in [1.807, 2.05) is 68.4 Å². The fraction of sp³-hybridized carbons (Fsp3) is 0.278. The van der Waals surface area contributed by atoms with Gasteiger partial charge in [0.25, 0.3) is 5.91 Å². The average molecular weight is 596 g/mol. The minimum atomic E-state index is -0.382. The van der Waals surface area contributed by atoms with Crippen LogP contribution < -0.4 is 10.1 Å². The first-order valence-corrected chi connectivity index (χ1v) is 15.3. The van der Waals surface area contributed by atoms with E-state index < -0.39 is 0 Å². The zero-order valence-electron chi connectivity index (χ0n) is 24.4. The van der Waals surface area contributed by atoms with Gasteiger partial charge in [0.2, 0.25) is 0 Å². The fourth-order valence-corrected chi connectivity index (χ4v) is 6.11. The van der Waals surface area contributed by atoms with Crippen LogP contribution in [0.15, 0.2) is 84.9 Å². The van der Waals surface area contributed by atoms with Crippen LogP contribution in [0.2, 0.25) is 5.02 Å². The van der Waals surface area contributed by atoms with E-state index in [-0.39, 0.29) is 24.4 Å². The van der Waals surface area contributed by atoms with Crippen LogP contribution in [0.25, 0.3) is 33.5 Å². The van der Waals surface area contributed by atoms with Crippen molar-refractivity contribution in [2.24, 2.45) is 0 Å². The van der Waals surface area contributed by atoms with Crippen molar-refractivity contribution >= 4 is 28.5 Å². The molecule has 0 spiro atoms. The molecule has 1 amide bonds. The predicted molar refractivity (Wildman–Crippen MR) is 171 cm³/mol. The van der Waals surface area contributed by atoms with Crippen LogP contribution in [0.3, 0.4) is 0 Å². The second kappa shape index (κ2) is 12.6. The van der Waals surface area contributed by atoms with E-state index >= 15 is 4.39 Å². The quantitative estimate of drug-likeness (QED) is 0.194. The topological polar surface area (TPSA) is 56.1 Å². The molecule has 5 nitrogen and oxygen atoms in total. The molecule has 1 aliphatic rings. The summed E-state index contributed by atoms with van der Waals surface area (Å²) in [5.74, 6) is 0.523. The molecule has 1 aliphatic carbocycles. The molecule has 0 atom stereocenters. The molecular formula is C36H35ClFN3O2. The summed E-state index contributed by atoms with van der Waals surface area (Å²) in [7, 11) is 0. The van der Waals surface area contributed by atoms with Gasteiger partial charge in [0.05, 0.1) is 16.6 Å². The number of imidazole rings is 1. The zero-order chi connectivity index (χ0) is 29.9. The van der Waals surface area contributed by atoms with E-state index in [0.29, 0.717) is 33.8 Å². The van der Waals surface area contributed by atoms with Gasteiger partial charge in [-0.15, -0.1) is 0 Å². The number of nitrogens with zero attached hydrogens (tertiary/aromatic N) is 2. The lowest BCUT2D eigenvalue weighted by Crippen LogP contribution is -2.30. The predicted octanol–water partition coefficient (Wildman–Crippen LogP) is 9.39. The normalized spacial score (nSPS) is 13.9. The van der Waals surface area contributed by atoms with Gasteiger partial charge in [-0.3, -0.25) is 4.79 Å². The van der Waals surface area contributed by atoms with E-state index in [2.05, 4.69) is 16.0 Å². The van der Waals surface area contributed by atoms with Gasteiger partial charge in [-0.05, 0) is 91.9 Å². The Morgan fingerprint density at radius 2 is 1.72 bits per heavy atom. The van der Waals surface area contributed by atoms with Gasteiger partial charge in [-0.2, -0.15) is 0 Å². The van der Waals surface area contributed by atoms with E-state index in [9.17, 15) is 4.79 Å². The van der Waals surface area contributed by atoms with Gasteiger partial charge in [0, 0.05) is 28.7 Å². The third-order valence-electron chi connectivity index (χ3n) is 8.05. The second-order valence-electron chi connectivity index (χ2n) is 11.5. The highest BCUT2D eigenvalue weighted by molar-refractivity contribution is 6.30. The summed E-state index contributed by atoms with van der Waals surface area (Å²) >= 11 is 6.12. The smallest absolute Gasteiger partial charge is 0.251 e. The summed E-state index contributed by atoms with van der Waals surface area (Å²) < 4.78 is 24.2. The standard InChI is InChI=1S/C36H35ClFN3O2/c1-23(2)39-36(42)25-14-18-30(24-12-15-27(37)16-13-24)26(20-25)22-43-29-17-19-31(32(38)21-29)35-40-33-10-6-7-11-34(33)41(35)28-8-4-3-5-9-28/h6-7,10-21,23,28H,3-5,8-9,22H2,1-2H3,(H,39,42). The number of halogens is 2. The van der Waals surface area contributed by atoms with Gasteiger partial charge >= 0.3 is 0 Å². The number of carbonyl (C=O) groups is 1. The maximum atomic E-state index is 15.8. The van der Waals surface area contributed by atoms with Crippen LogP contribution in [0.1, 0.15) is 67.9 Å². The summed E-state index contributed by atoms with van der Waals surface area (Å²) in [5, 5.41) is 3.58. The zero-order valence-corrected chi connectivity index (χ0v) is 25.2. The summed E-state index contributed by atoms with van der Waals surface area (Å²) in [5.41, 5.74) is 5.58. The molecule has 1 saturated carbocycles. The number of fused-ring (bicyclic) bond motifs is 1. The molecule has 0 radical (unpaired) electrons. The van der Waals surface area contributed by atoms with Gasteiger partial charge in [-0.1, -0.05) is 61.2 Å². The number of amides is 1. The molecule has 7 heteroatoms. The maximum absolute atomic E-state index is 15.8. The number of hydrogen-bond donors (Lipinski definition) is 1. The Balaban J connectivity index is 1.30. The number of ether oxygens (including phenoxy) is 1. The van der Waals surface area contributed by atoms with Crippen molar-refractivity contribution in [1.29, 1.82) is 0 Å². The Morgan fingerprint density at radius 3 is 2.47 bits per heavy atom. The molecule has 0 unspecified atom stereocenters. The minimum absolute atomic E-state index is 0.0101. The average Bonchev–Trinajstić information content (AvgIpc) is 3.40. The van der Waals surface area contributed by atoms with Crippen molar-refractivity contribution < 1.29 is 13.9 Å². The largest absolute Gasteiger partial charge is 0.489 e. The molecule has 5 aromatic rings. The SMILES string of the molecule is CC(C)NC(=O)c1ccc(-c2ccc(Cl)cc2)c(COc2ccc(-c3nc4ccccc4n3C3CCCCC3)c(F)c2)c1. The van der Waals surface area contributed by atoms with E-state index in [1.54, 1.807) is 18.2 Å². The summed E-state index contributed by atoms with van der Waals surface area (Å²) in [6.07, 6.45) is 5.72. The Morgan fingerprint density at radius 1 is 0.977 bits per heavy atom. The molecule has 4 aromatic carbocycles. The molecule has 43 heavy (non-hydrogen) atoms. The Hall–Kier alpha value is -4.16. The molecule has 1 N–H and O–H groups in total.